The van der Waals surface area contributed by atoms with E-state index in [0.29, 0.717) is 0 Å². The molecule has 0 aliphatic carbocycles. The molecular weight excluding hydrogens is 336 g/mol. The first-order valence-electron chi connectivity index (χ1n) is 7.53. The summed E-state index contributed by atoms with van der Waals surface area (Å²) in [5.41, 5.74) is 5.65. The van der Waals surface area contributed by atoms with Gasteiger partial charge in [-0.05, 0) is 12.8 Å². The standard InChI is InChI=1S/C14H24N4O7/c1-6(2)11(15)14(25)18-8(4-9(19)20)13(24)17-7(3)12(23)16-5-10(21)22/h6-8,11H,4-5,15H2,1-3H3,(H,16,23)(H,17,24)(H,18,25)(H,19,20)(H,21,22). The van der Waals surface area contributed by atoms with Gasteiger partial charge in [0.1, 0.15) is 18.6 Å². The van der Waals surface area contributed by atoms with Crippen LogP contribution >= 0.6 is 0 Å². The molecule has 0 aliphatic heterocycles. The lowest BCUT2D eigenvalue weighted by atomic mass is 10.0. The van der Waals surface area contributed by atoms with E-state index in [0.717, 1.165) is 0 Å². The third-order valence-electron chi connectivity index (χ3n) is 3.20. The van der Waals surface area contributed by atoms with Gasteiger partial charge in [-0.25, -0.2) is 0 Å². The van der Waals surface area contributed by atoms with Gasteiger partial charge in [0, 0.05) is 0 Å². The maximum Gasteiger partial charge on any atom is 0.322 e. The molecule has 7 N–H and O–H groups in total. The number of carboxylic acids is 2. The van der Waals surface area contributed by atoms with Crippen molar-refractivity contribution in [3.8, 4) is 0 Å². The van der Waals surface area contributed by atoms with E-state index < -0.39 is 60.8 Å². The highest BCUT2D eigenvalue weighted by atomic mass is 16.4. The number of hydrogen-bond donors (Lipinski definition) is 6. The van der Waals surface area contributed by atoms with Crippen LogP contribution in [0, 0.1) is 5.92 Å². The molecule has 0 aromatic heterocycles. The van der Waals surface area contributed by atoms with Crippen molar-refractivity contribution in [3.05, 3.63) is 0 Å². The van der Waals surface area contributed by atoms with Crippen LogP contribution < -0.4 is 21.7 Å². The summed E-state index contributed by atoms with van der Waals surface area (Å²) in [5.74, 6) is -5.18. The molecule has 0 spiro atoms. The third-order valence-corrected chi connectivity index (χ3v) is 3.20. The number of rotatable bonds is 10. The zero-order valence-corrected chi connectivity index (χ0v) is 14.2. The summed E-state index contributed by atoms with van der Waals surface area (Å²) in [5, 5.41) is 23.9. The van der Waals surface area contributed by atoms with E-state index in [1.807, 2.05) is 0 Å². The maximum absolute atomic E-state index is 12.1. The first-order valence-corrected chi connectivity index (χ1v) is 7.53. The SMILES string of the molecule is CC(NC(=O)C(CC(=O)O)NC(=O)C(N)C(C)C)C(=O)NCC(=O)O. The molecule has 0 radical (unpaired) electrons. The fourth-order valence-electron chi connectivity index (χ4n) is 1.65. The van der Waals surface area contributed by atoms with Gasteiger partial charge in [0.15, 0.2) is 0 Å². The largest absolute Gasteiger partial charge is 0.481 e. The van der Waals surface area contributed by atoms with Crippen LogP contribution in [-0.2, 0) is 24.0 Å². The Bertz CT molecular complexity index is 535. The molecule has 3 unspecified atom stereocenters. The monoisotopic (exact) mass is 360 g/mol. The Balaban J connectivity index is 4.88. The minimum atomic E-state index is -1.43. The Morgan fingerprint density at radius 1 is 0.880 bits per heavy atom. The van der Waals surface area contributed by atoms with E-state index in [-0.39, 0.29) is 5.92 Å². The Hall–Kier alpha value is -2.69. The van der Waals surface area contributed by atoms with Crippen LogP contribution in [-0.4, -0.2) is 64.5 Å². The highest BCUT2D eigenvalue weighted by molar-refractivity contribution is 5.95. The number of nitrogens with two attached hydrogens (primary N) is 1. The third kappa shape index (κ3) is 8.65. The Kier molecular flexibility index (Phi) is 9.13. The lowest BCUT2D eigenvalue weighted by Crippen LogP contribution is -2.56. The van der Waals surface area contributed by atoms with Crippen LogP contribution in [0.2, 0.25) is 0 Å². The van der Waals surface area contributed by atoms with Gasteiger partial charge in [-0.1, -0.05) is 13.8 Å². The molecule has 25 heavy (non-hydrogen) atoms. The average molecular weight is 360 g/mol. The number of amides is 3. The van der Waals surface area contributed by atoms with Crippen LogP contribution in [0.4, 0.5) is 0 Å². The van der Waals surface area contributed by atoms with Gasteiger partial charge in [-0.3, -0.25) is 24.0 Å². The number of carbonyl (C=O) groups excluding carboxylic acids is 3. The van der Waals surface area contributed by atoms with E-state index in [1.165, 1.54) is 6.92 Å². The van der Waals surface area contributed by atoms with Crippen molar-refractivity contribution in [2.75, 3.05) is 6.54 Å². The van der Waals surface area contributed by atoms with E-state index in [4.69, 9.17) is 15.9 Å². The average Bonchev–Trinajstić information content (AvgIpc) is 2.49. The summed E-state index contributed by atoms with van der Waals surface area (Å²) in [6.07, 6.45) is -0.703. The van der Waals surface area contributed by atoms with Crippen molar-refractivity contribution >= 4 is 29.7 Å². The number of carbonyl (C=O) groups is 5. The molecule has 0 aliphatic rings. The van der Waals surface area contributed by atoms with Crippen LogP contribution in [0.25, 0.3) is 0 Å². The molecular formula is C14H24N4O7. The summed E-state index contributed by atoms with van der Waals surface area (Å²) in [6, 6.07) is -3.48. The van der Waals surface area contributed by atoms with E-state index in [9.17, 15) is 24.0 Å². The van der Waals surface area contributed by atoms with Crippen molar-refractivity contribution < 1.29 is 34.2 Å². The van der Waals surface area contributed by atoms with Crippen molar-refractivity contribution in [1.82, 2.24) is 16.0 Å². The van der Waals surface area contributed by atoms with Crippen molar-refractivity contribution in [2.24, 2.45) is 11.7 Å². The number of nitrogens with one attached hydrogen (secondary N) is 3. The van der Waals surface area contributed by atoms with Gasteiger partial charge in [0.2, 0.25) is 17.7 Å². The summed E-state index contributed by atoms with van der Waals surface area (Å²) in [4.78, 5) is 57.0. The molecule has 0 saturated carbocycles. The molecule has 0 heterocycles. The second-order valence-corrected chi connectivity index (χ2v) is 5.77. The smallest absolute Gasteiger partial charge is 0.322 e. The van der Waals surface area contributed by atoms with Crippen LogP contribution in [0.5, 0.6) is 0 Å². The van der Waals surface area contributed by atoms with Crippen molar-refractivity contribution in [1.29, 1.82) is 0 Å². The van der Waals surface area contributed by atoms with Gasteiger partial charge in [-0.15, -0.1) is 0 Å². The summed E-state index contributed by atoms with van der Waals surface area (Å²) >= 11 is 0. The Morgan fingerprint density at radius 2 is 1.44 bits per heavy atom. The quantitative estimate of drug-likeness (QED) is 0.249. The van der Waals surface area contributed by atoms with Crippen LogP contribution in [0.15, 0.2) is 0 Å². The predicted octanol–water partition coefficient (Wildman–Crippen LogP) is -2.37. The van der Waals surface area contributed by atoms with Gasteiger partial charge >= 0.3 is 11.9 Å². The molecule has 11 heteroatoms. The zero-order chi connectivity index (χ0) is 19.7. The molecule has 0 bridgehead atoms. The summed E-state index contributed by atoms with van der Waals surface area (Å²) in [6.45, 7) is 4.03. The minimum Gasteiger partial charge on any atom is -0.481 e. The van der Waals surface area contributed by atoms with E-state index in [2.05, 4.69) is 16.0 Å². The molecule has 0 saturated heterocycles. The lowest BCUT2D eigenvalue weighted by molar-refractivity contribution is -0.141. The molecule has 11 nitrogen and oxygen atoms in total. The van der Waals surface area contributed by atoms with E-state index >= 15 is 0 Å². The second-order valence-electron chi connectivity index (χ2n) is 5.77. The Labute approximate surface area is 144 Å². The van der Waals surface area contributed by atoms with Crippen molar-refractivity contribution in [2.45, 2.75) is 45.3 Å². The highest BCUT2D eigenvalue weighted by Gasteiger charge is 2.29. The topological polar surface area (TPSA) is 188 Å². The minimum absolute atomic E-state index is 0.228. The fraction of sp³-hybridized carbons (Fsp3) is 0.643. The molecule has 0 aromatic carbocycles. The number of carboxylic acid groups (broad SMARTS) is 2. The maximum atomic E-state index is 12.1. The highest BCUT2D eigenvalue weighted by Crippen LogP contribution is 2.01. The predicted molar refractivity (Wildman–Crippen MR) is 85.2 cm³/mol. The summed E-state index contributed by atoms with van der Waals surface area (Å²) < 4.78 is 0. The molecule has 142 valence electrons. The van der Waals surface area contributed by atoms with Gasteiger partial charge in [0.05, 0.1) is 12.5 Å². The Morgan fingerprint density at radius 3 is 1.88 bits per heavy atom. The summed E-state index contributed by atoms with van der Waals surface area (Å²) in [7, 11) is 0. The molecule has 0 fully saturated rings. The van der Waals surface area contributed by atoms with Crippen LogP contribution in [0.1, 0.15) is 27.2 Å². The number of hydrogen-bond acceptors (Lipinski definition) is 6. The lowest BCUT2D eigenvalue weighted by Gasteiger charge is -2.22. The molecule has 0 rings (SSSR count). The van der Waals surface area contributed by atoms with Gasteiger partial charge in [0.25, 0.3) is 0 Å². The first kappa shape index (κ1) is 22.3. The van der Waals surface area contributed by atoms with Crippen LogP contribution in [0.3, 0.4) is 0 Å². The van der Waals surface area contributed by atoms with Gasteiger partial charge in [-0.2, -0.15) is 0 Å². The van der Waals surface area contributed by atoms with Gasteiger partial charge < -0.3 is 31.9 Å². The normalized spacial score (nSPS) is 14.1. The molecule has 3 amide bonds. The van der Waals surface area contributed by atoms with E-state index in [1.54, 1.807) is 13.8 Å². The first-order chi connectivity index (χ1) is 11.5. The molecule has 3 atom stereocenters. The fourth-order valence-corrected chi connectivity index (χ4v) is 1.65. The van der Waals surface area contributed by atoms with Crippen molar-refractivity contribution in [3.63, 3.8) is 0 Å². The number of aliphatic carboxylic acids is 2. The second kappa shape index (κ2) is 10.2. The zero-order valence-electron chi connectivity index (χ0n) is 14.2. The molecule has 0 aromatic rings.